The van der Waals surface area contributed by atoms with Crippen LogP contribution >= 0.6 is 0 Å². The van der Waals surface area contributed by atoms with Crippen molar-refractivity contribution in [2.24, 2.45) is 5.16 Å². The number of cyclic esters (lactones) is 1. The van der Waals surface area contributed by atoms with Crippen molar-refractivity contribution in [3.63, 3.8) is 0 Å². The van der Waals surface area contributed by atoms with Crippen molar-refractivity contribution >= 4 is 12.2 Å². The minimum atomic E-state index is -0.289. The predicted octanol–water partition coefficient (Wildman–Crippen LogP) is 1.17. The normalized spacial score (nSPS) is 14.6. The van der Waals surface area contributed by atoms with Crippen molar-refractivity contribution in [3.8, 4) is 0 Å². The van der Waals surface area contributed by atoms with Gasteiger partial charge in [-0.3, -0.25) is 0 Å². The van der Waals surface area contributed by atoms with Gasteiger partial charge in [-0.1, -0.05) is 11.2 Å². The Kier molecular flexibility index (Phi) is 1.73. The second-order valence-corrected chi connectivity index (χ2v) is 2.74. The summed E-state index contributed by atoms with van der Waals surface area (Å²) in [4.78, 5) is 11.0. The number of carbonyl (C=O) groups is 1. The van der Waals surface area contributed by atoms with Gasteiger partial charge in [0, 0.05) is 5.56 Å². The van der Waals surface area contributed by atoms with Crippen molar-refractivity contribution in [1.82, 2.24) is 0 Å². The Labute approximate surface area is 74.4 Å². The van der Waals surface area contributed by atoms with Gasteiger partial charge in [-0.2, -0.15) is 0 Å². The van der Waals surface area contributed by atoms with Gasteiger partial charge in [0.1, 0.15) is 6.61 Å². The van der Waals surface area contributed by atoms with Crippen LogP contribution in [0.15, 0.2) is 23.4 Å². The fourth-order valence-corrected chi connectivity index (χ4v) is 1.30. The summed E-state index contributed by atoms with van der Waals surface area (Å²) in [6.07, 6.45) is 1.31. The van der Waals surface area contributed by atoms with Crippen LogP contribution in [-0.4, -0.2) is 17.4 Å². The maximum absolute atomic E-state index is 11.0. The van der Waals surface area contributed by atoms with E-state index in [1.807, 2.05) is 0 Å². The maximum Gasteiger partial charge on any atom is 0.338 e. The lowest BCUT2D eigenvalue weighted by Crippen LogP contribution is -1.93. The van der Waals surface area contributed by atoms with E-state index in [1.165, 1.54) is 6.21 Å². The molecule has 0 aliphatic carbocycles. The number of nitrogens with zero attached hydrogens (tertiary/aromatic N) is 1. The van der Waals surface area contributed by atoms with Crippen LogP contribution in [0.3, 0.4) is 0 Å². The summed E-state index contributed by atoms with van der Waals surface area (Å²) in [7, 11) is 0. The Balaban J connectivity index is 2.45. The molecule has 0 saturated carbocycles. The number of ether oxygens (including phenoxy) is 1. The molecule has 0 aromatic heterocycles. The number of hydrogen-bond acceptors (Lipinski definition) is 4. The Bertz CT molecular complexity index is 384. The van der Waals surface area contributed by atoms with Crippen LogP contribution in [0.2, 0.25) is 0 Å². The van der Waals surface area contributed by atoms with E-state index in [0.29, 0.717) is 12.2 Å². The zero-order valence-electron chi connectivity index (χ0n) is 6.73. The number of fused-ring (bicyclic) bond motifs is 1. The zero-order valence-corrected chi connectivity index (χ0v) is 6.73. The van der Waals surface area contributed by atoms with Gasteiger partial charge in [0.2, 0.25) is 0 Å². The van der Waals surface area contributed by atoms with Crippen LogP contribution in [-0.2, 0) is 11.3 Å². The molecule has 1 heterocycles. The van der Waals surface area contributed by atoms with E-state index < -0.39 is 0 Å². The van der Waals surface area contributed by atoms with Crippen LogP contribution in [0.5, 0.6) is 0 Å². The van der Waals surface area contributed by atoms with Crippen LogP contribution in [0.1, 0.15) is 21.5 Å². The maximum atomic E-state index is 11.0. The molecule has 1 aliphatic heterocycles. The molecule has 0 unspecified atom stereocenters. The largest absolute Gasteiger partial charge is 0.457 e. The fraction of sp³-hybridized carbons (Fsp3) is 0.111. The lowest BCUT2D eigenvalue weighted by atomic mass is 10.1. The molecule has 0 atom stereocenters. The molecule has 0 amide bonds. The summed E-state index contributed by atoms with van der Waals surface area (Å²) < 4.78 is 4.81. The highest BCUT2D eigenvalue weighted by Crippen LogP contribution is 2.20. The number of hydrogen-bond donors (Lipinski definition) is 1. The Hall–Kier alpha value is -1.84. The SMILES string of the molecule is O=C1OCc2cc(C=NO)ccc21. The van der Waals surface area contributed by atoms with E-state index in [2.05, 4.69) is 5.16 Å². The monoisotopic (exact) mass is 177 g/mol. The molecule has 4 nitrogen and oxygen atoms in total. The second kappa shape index (κ2) is 2.90. The topological polar surface area (TPSA) is 58.9 Å². The molecule has 0 spiro atoms. The zero-order chi connectivity index (χ0) is 9.26. The first-order chi connectivity index (χ1) is 6.31. The third-order valence-electron chi connectivity index (χ3n) is 1.91. The van der Waals surface area contributed by atoms with E-state index in [0.717, 1.165) is 11.1 Å². The standard InChI is InChI=1S/C9H7NO3/c11-9-8-2-1-6(4-10-12)3-7(8)5-13-9/h1-4,12H,5H2. The highest BCUT2D eigenvalue weighted by atomic mass is 16.5. The molecule has 66 valence electrons. The minimum Gasteiger partial charge on any atom is -0.457 e. The third kappa shape index (κ3) is 1.26. The molecular weight excluding hydrogens is 170 g/mol. The smallest absolute Gasteiger partial charge is 0.338 e. The van der Waals surface area contributed by atoms with Crippen molar-refractivity contribution in [1.29, 1.82) is 0 Å². The summed E-state index contributed by atoms with van der Waals surface area (Å²) in [6, 6.07) is 5.13. The van der Waals surface area contributed by atoms with Crippen LogP contribution < -0.4 is 0 Å². The number of oxime groups is 1. The van der Waals surface area contributed by atoms with Crippen molar-refractivity contribution in [2.45, 2.75) is 6.61 Å². The molecule has 1 aliphatic rings. The van der Waals surface area contributed by atoms with E-state index in [4.69, 9.17) is 9.94 Å². The predicted molar refractivity (Wildman–Crippen MR) is 44.9 cm³/mol. The fourth-order valence-electron chi connectivity index (χ4n) is 1.30. The quantitative estimate of drug-likeness (QED) is 0.303. The van der Waals surface area contributed by atoms with Gasteiger partial charge < -0.3 is 9.94 Å². The lowest BCUT2D eigenvalue weighted by molar-refractivity contribution is 0.0535. The summed E-state index contributed by atoms with van der Waals surface area (Å²) in [5, 5.41) is 11.2. The van der Waals surface area contributed by atoms with Crippen LogP contribution in [0.25, 0.3) is 0 Å². The Morgan fingerprint density at radius 2 is 2.38 bits per heavy atom. The molecule has 2 rings (SSSR count). The molecular formula is C9H7NO3. The summed E-state index contributed by atoms with van der Waals surface area (Å²) in [5.41, 5.74) is 2.18. The van der Waals surface area contributed by atoms with Gasteiger partial charge in [0.05, 0.1) is 11.8 Å². The Morgan fingerprint density at radius 3 is 3.15 bits per heavy atom. The Morgan fingerprint density at radius 1 is 1.54 bits per heavy atom. The number of benzene rings is 1. The molecule has 13 heavy (non-hydrogen) atoms. The van der Waals surface area contributed by atoms with E-state index >= 15 is 0 Å². The average molecular weight is 177 g/mol. The summed E-state index contributed by atoms with van der Waals surface area (Å²) in [5.74, 6) is -0.289. The summed E-state index contributed by atoms with van der Waals surface area (Å²) in [6.45, 7) is 0.307. The first kappa shape index (κ1) is 7.79. The highest BCUT2D eigenvalue weighted by molar-refractivity contribution is 5.94. The molecule has 0 fully saturated rings. The molecule has 1 aromatic carbocycles. The number of carbonyl (C=O) groups excluding carboxylic acids is 1. The van der Waals surface area contributed by atoms with E-state index in [9.17, 15) is 4.79 Å². The molecule has 0 bridgehead atoms. The van der Waals surface area contributed by atoms with Crippen molar-refractivity contribution in [3.05, 3.63) is 34.9 Å². The third-order valence-corrected chi connectivity index (χ3v) is 1.91. The molecule has 1 aromatic rings. The molecule has 4 heteroatoms. The molecule has 1 N–H and O–H groups in total. The van der Waals surface area contributed by atoms with Crippen molar-refractivity contribution in [2.75, 3.05) is 0 Å². The van der Waals surface area contributed by atoms with E-state index in [1.54, 1.807) is 18.2 Å². The average Bonchev–Trinajstić information content (AvgIpc) is 2.48. The number of rotatable bonds is 1. The summed E-state index contributed by atoms with van der Waals surface area (Å²) >= 11 is 0. The van der Waals surface area contributed by atoms with Crippen LogP contribution in [0, 0.1) is 0 Å². The van der Waals surface area contributed by atoms with E-state index in [-0.39, 0.29) is 5.97 Å². The first-order valence-corrected chi connectivity index (χ1v) is 3.79. The minimum absolute atomic E-state index is 0.289. The first-order valence-electron chi connectivity index (χ1n) is 3.79. The molecule has 0 saturated heterocycles. The van der Waals surface area contributed by atoms with Crippen LogP contribution in [0.4, 0.5) is 0 Å². The van der Waals surface area contributed by atoms with Gasteiger partial charge in [-0.15, -0.1) is 0 Å². The van der Waals surface area contributed by atoms with Gasteiger partial charge in [0.25, 0.3) is 0 Å². The van der Waals surface area contributed by atoms with Crippen molar-refractivity contribution < 1.29 is 14.7 Å². The highest BCUT2D eigenvalue weighted by Gasteiger charge is 2.20. The van der Waals surface area contributed by atoms with Gasteiger partial charge in [0.15, 0.2) is 0 Å². The lowest BCUT2D eigenvalue weighted by Gasteiger charge is -1.94. The molecule has 0 radical (unpaired) electrons. The number of esters is 1. The van der Waals surface area contributed by atoms with Gasteiger partial charge in [-0.25, -0.2) is 4.79 Å². The second-order valence-electron chi connectivity index (χ2n) is 2.74. The van der Waals surface area contributed by atoms with Gasteiger partial charge in [-0.05, 0) is 17.7 Å². The van der Waals surface area contributed by atoms with Gasteiger partial charge >= 0.3 is 5.97 Å².